The average Bonchev–Trinajstić information content (AvgIpc) is 2.74. The molecule has 2 amide bonds. The van der Waals surface area contributed by atoms with Crippen LogP contribution in [0.5, 0.6) is 0 Å². The summed E-state index contributed by atoms with van der Waals surface area (Å²) >= 11 is 0. The van der Waals surface area contributed by atoms with Crippen molar-refractivity contribution in [2.45, 2.75) is 32.7 Å². The highest BCUT2D eigenvalue weighted by Gasteiger charge is 2.23. The molecule has 0 saturated carbocycles. The Morgan fingerprint density at radius 1 is 1.10 bits per heavy atom. The number of rotatable bonds is 3. The first-order valence-corrected chi connectivity index (χ1v) is 10.4. The van der Waals surface area contributed by atoms with Gasteiger partial charge in [0.05, 0.1) is 5.69 Å². The van der Waals surface area contributed by atoms with E-state index < -0.39 is 5.97 Å². The van der Waals surface area contributed by atoms with Crippen molar-refractivity contribution >= 4 is 23.7 Å². The lowest BCUT2D eigenvalue weighted by atomic mass is 10.1. The quantitative estimate of drug-likeness (QED) is 0.720. The molecule has 10 nitrogen and oxygen atoms in total. The van der Waals surface area contributed by atoms with Gasteiger partial charge in [0.1, 0.15) is 6.54 Å². The van der Waals surface area contributed by atoms with E-state index in [0.29, 0.717) is 57.9 Å². The van der Waals surface area contributed by atoms with Crippen LogP contribution < -0.4 is 4.90 Å². The number of carboxylic acids is 1. The van der Waals surface area contributed by atoms with E-state index in [9.17, 15) is 14.4 Å². The largest absolute Gasteiger partial charge is 0.480 e. The van der Waals surface area contributed by atoms with Crippen LogP contribution in [0.3, 0.4) is 0 Å². The molecule has 0 radical (unpaired) electrons. The van der Waals surface area contributed by atoms with E-state index in [0.717, 1.165) is 24.3 Å². The third kappa shape index (κ3) is 5.65. The molecular weight excluding hydrogens is 388 g/mol. The van der Waals surface area contributed by atoms with Crippen molar-refractivity contribution < 1.29 is 19.5 Å². The molecule has 1 aromatic heterocycles. The lowest BCUT2D eigenvalue weighted by molar-refractivity contribution is -0.144. The molecule has 3 rings (SSSR count). The predicted molar refractivity (Wildman–Crippen MR) is 110 cm³/mol. The smallest absolute Gasteiger partial charge is 0.323 e. The highest BCUT2D eigenvalue weighted by molar-refractivity contribution is 5.81. The summed E-state index contributed by atoms with van der Waals surface area (Å²) in [5, 5.41) is 9.12. The number of likely N-dealkylation sites (N-methyl/N-ethyl adjacent to an activating group) is 1. The molecule has 1 fully saturated rings. The molecule has 0 spiro atoms. The predicted octanol–water partition coefficient (Wildman–Crippen LogP) is -0.174. The molecule has 1 N–H and O–H groups in total. The molecule has 1 aromatic rings. The fraction of sp³-hybridized carbons (Fsp3) is 0.650. The van der Waals surface area contributed by atoms with Gasteiger partial charge in [-0.05, 0) is 13.5 Å². The second kappa shape index (κ2) is 9.84. The van der Waals surface area contributed by atoms with Crippen LogP contribution in [0.4, 0.5) is 5.95 Å². The lowest BCUT2D eigenvalue weighted by Gasteiger charge is -2.29. The van der Waals surface area contributed by atoms with Gasteiger partial charge < -0.3 is 24.7 Å². The van der Waals surface area contributed by atoms with Crippen molar-refractivity contribution in [3.63, 3.8) is 0 Å². The van der Waals surface area contributed by atoms with E-state index in [1.54, 1.807) is 11.8 Å². The number of hydrogen-bond acceptors (Lipinski definition) is 7. The van der Waals surface area contributed by atoms with Gasteiger partial charge in [-0.1, -0.05) is 0 Å². The fourth-order valence-corrected chi connectivity index (χ4v) is 3.79. The number of hydrogen-bond donors (Lipinski definition) is 1. The van der Waals surface area contributed by atoms with Gasteiger partial charge in [-0.2, -0.15) is 0 Å². The number of nitrogens with zero attached hydrogens (tertiary/aromatic N) is 6. The van der Waals surface area contributed by atoms with Crippen molar-refractivity contribution in [3.8, 4) is 0 Å². The first kappa shape index (κ1) is 21.9. The molecule has 30 heavy (non-hydrogen) atoms. The van der Waals surface area contributed by atoms with Crippen LogP contribution in [0.2, 0.25) is 0 Å². The second-order valence-corrected chi connectivity index (χ2v) is 7.94. The van der Waals surface area contributed by atoms with Gasteiger partial charge in [0.2, 0.25) is 17.8 Å². The highest BCUT2D eigenvalue weighted by Crippen LogP contribution is 2.20. The Kier molecular flexibility index (Phi) is 7.20. The zero-order valence-corrected chi connectivity index (χ0v) is 17.7. The first-order chi connectivity index (χ1) is 14.3. The van der Waals surface area contributed by atoms with Gasteiger partial charge >= 0.3 is 5.97 Å². The third-order valence-corrected chi connectivity index (χ3v) is 5.64. The van der Waals surface area contributed by atoms with Gasteiger partial charge in [-0.15, -0.1) is 0 Å². The number of amides is 2. The highest BCUT2D eigenvalue weighted by atomic mass is 16.4. The topological polar surface area (TPSA) is 110 Å². The van der Waals surface area contributed by atoms with Gasteiger partial charge in [0.15, 0.2) is 0 Å². The maximum absolute atomic E-state index is 12.4. The number of aliphatic carboxylic acids is 1. The minimum Gasteiger partial charge on any atom is -0.480 e. The summed E-state index contributed by atoms with van der Waals surface area (Å²) in [6.07, 6.45) is 3.47. The van der Waals surface area contributed by atoms with Crippen LogP contribution in [0.1, 0.15) is 31.0 Å². The Morgan fingerprint density at radius 2 is 1.90 bits per heavy atom. The Balaban J connectivity index is 1.73. The van der Waals surface area contributed by atoms with Gasteiger partial charge in [0.25, 0.3) is 0 Å². The fourth-order valence-electron chi connectivity index (χ4n) is 3.79. The molecule has 1 saturated heterocycles. The van der Waals surface area contributed by atoms with Crippen molar-refractivity contribution in [1.29, 1.82) is 0 Å². The van der Waals surface area contributed by atoms with E-state index in [4.69, 9.17) is 10.1 Å². The molecule has 0 unspecified atom stereocenters. The maximum atomic E-state index is 12.4. The summed E-state index contributed by atoms with van der Waals surface area (Å²) in [4.78, 5) is 51.8. The van der Waals surface area contributed by atoms with Crippen molar-refractivity contribution in [3.05, 3.63) is 17.5 Å². The number of aromatic nitrogens is 2. The van der Waals surface area contributed by atoms with Crippen LogP contribution >= 0.6 is 0 Å². The Labute approximate surface area is 176 Å². The van der Waals surface area contributed by atoms with E-state index in [1.165, 1.54) is 4.90 Å². The molecule has 0 aliphatic carbocycles. The summed E-state index contributed by atoms with van der Waals surface area (Å²) in [6.45, 7) is 5.59. The SMILES string of the molecule is CC(=O)N1CCc2nc(N3CCCN(CC(=O)O)C(=O)CCN(C)CC3)ncc2C1. The summed E-state index contributed by atoms with van der Waals surface area (Å²) < 4.78 is 0. The van der Waals surface area contributed by atoms with E-state index >= 15 is 0 Å². The van der Waals surface area contributed by atoms with Crippen molar-refractivity contribution in [1.82, 2.24) is 24.7 Å². The average molecular weight is 418 g/mol. The van der Waals surface area contributed by atoms with Gasteiger partial charge in [0, 0.05) is 77.3 Å². The van der Waals surface area contributed by atoms with Crippen LogP contribution in [-0.2, 0) is 27.3 Å². The number of carbonyl (C=O) groups excluding carboxylic acids is 2. The summed E-state index contributed by atoms with van der Waals surface area (Å²) in [5.41, 5.74) is 1.95. The molecule has 3 heterocycles. The Bertz CT molecular complexity index is 802. The number of fused-ring (bicyclic) bond motifs is 1. The molecule has 2 aliphatic heterocycles. The molecule has 164 valence electrons. The summed E-state index contributed by atoms with van der Waals surface area (Å²) in [5.74, 6) is -0.423. The minimum atomic E-state index is -0.999. The first-order valence-electron chi connectivity index (χ1n) is 10.4. The Morgan fingerprint density at radius 3 is 2.63 bits per heavy atom. The van der Waals surface area contributed by atoms with Crippen molar-refractivity contribution in [2.75, 3.05) is 57.8 Å². The maximum Gasteiger partial charge on any atom is 0.323 e. The molecule has 2 aliphatic rings. The monoisotopic (exact) mass is 418 g/mol. The zero-order valence-electron chi connectivity index (χ0n) is 17.7. The number of carboxylic acid groups (broad SMARTS) is 1. The third-order valence-electron chi connectivity index (χ3n) is 5.64. The van der Waals surface area contributed by atoms with Crippen LogP contribution in [-0.4, -0.2) is 100 Å². The van der Waals surface area contributed by atoms with Gasteiger partial charge in [-0.25, -0.2) is 9.97 Å². The van der Waals surface area contributed by atoms with Crippen LogP contribution in [0.15, 0.2) is 6.20 Å². The summed E-state index contributed by atoms with van der Waals surface area (Å²) in [7, 11) is 1.95. The minimum absolute atomic E-state index is 0.0559. The molecular formula is C20H30N6O4. The molecule has 0 aromatic carbocycles. The Hall–Kier alpha value is -2.75. The van der Waals surface area contributed by atoms with Crippen molar-refractivity contribution in [2.24, 2.45) is 0 Å². The molecule has 10 heteroatoms. The number of anilines is 1. The molecule has 0 atom stereocenters. The summed E-state index contributed by atoms with van der Waals surface area (Å²) in [6, 6.07) is 0. The standard InChI is InChI=1S/C20H30N6O4/c1-15(27)25-9-4-17-16(13-25)12-21-20(22-17)24-6-3-7-26(14-19(29)30)18(28)5-8-23(2)10-11-24/h12H,3-11,13-14H2,1-2H3,(H,29,30). The second-order valence-electron chi connectivity index (χ2n) is 7.94. The van der Waals surface area contributed by atoms with E-state index in [1.807, 2.05) is 13.2 Å². The molecule has 0 bridgehead atoms. The number of carbonyl (C=O) groups is 3. The van der Waals surface area contributed by atoms with Crippen LogP contribution in [0.25, 0.3) is 0 Å². The van der Waals surface area contributed by atoms with Crippen LogP contribution in [0, 0.1) is 0 Å². The zero-order chi connectivity index (χ0) is 21.7. The van der Waals surface area contributed by atoms with Gasteiger partial charge in [-0.3, -0.25) is 14.4 Å². The van der Waals surface area contributed by atoms with E-state index in [-0.39, 0.29) is 18.4 Å². The lowest BCUT2D eigenvalue weighted by Crippen LogP contribution is -2.38. The van der Waals surface area contributed by atoms with E-state index in [2.05, 4.69) is 14.8 Å². The normalized spacial score (nSPS) is 19.3.